The molecule has 2 aromatic carbocycles. The molecule has 130 valence electrons. The number of hydrogen-bond acceptors (Lipinski definition) is 3. The molecule has 1 aromatic heterocycles. The van der Waals surface area contributed by atoms with Crippen molar-refractivity contribution in [2.24, 2.45) is 0 Å². The number of ether oxygens (including phenoxy) is 2. The third-order valence-electron chi connectivity index (χ3n) is 4.53. The van der Waals surface area contributed by atoms with Crippen molar-refractivity contribution in [2.75, 3.05) is 26.3 Å². The molecule has 1 saturated heterocycles. The molecule has 0 amide bonds. The third-order valence-corrected chi connectivity index (χ3v) is 4.76. The van der Waals surface area contributed by atoms with Crippen LogP contribution in [0.25, 0.3) is 10.9 Å². The fourth-order valence-corrected chi connectivity index (χ4v) is 3.43. The number of benzene rings is 2. The van der Waals surface area contributed by atoms with Crippen LogP contribution in [0, 0.1) is 0 Å². The fraction of sp³-hybridized carbons (Fsp3) is 0.300. The predicted octanol–water partition coefficient (Wildman–Crippen LogP) is 4.10. The maximum Gasteiger partial charge on any atom is 0.119 e. The zero-order valence-electron chi connectivity index (χ0n) is 14.0. The molecule has 4 rings (SSSR count). The van der Waals surface area contributed by atoms with E-state index in [0.717, 1.165) is 42.5 Å². The predicted molar refractivity (Wildman–Crippen MR) is 100 cm³/mol. The summed E-state index contributed by atoms with van der Waals surface area (Å²) in [5, 5.41) is 1.98. The monoisotopic (exact) mass is 356 g/mol. The largest absolute Gasteiger partial charge is 0.491 e. The van der Waals surface area contributed by atoms with Crippen LogP contribution in [0.4, 0.5) is 0 Å². The molecule has 1 N–H and O–H groups in total. The number of rotatable bonds is 5. The van der Waals surface area contributed by atoms with Crippen LogP contribution in [0.5, 0.6) is 5.75 Å². The summed E-state index contributed by atoms with van der Waals surface area (Å²) >= 11 is 6.06. The Morgan fingerprint density at radius 1 is 1.20 bits per heavy atom. The SMILES string of the molecule is Clc1ccc2c(CN3CCO[C@H](COc4ccccc4)C3)c[nH]c2c1. The molecule has 3 aromatic rings. The van der Waals surface area contributed by atoms with Gasteiger partial charge < -0.3 is 14.5 Å². The lowest BCUT2D eigenvalue weighted by Gasteiger charge is -2.32. The number of para-hydroxylation sites is 1. The van der Waals surface area contributed by atoms with Crippen molar-refractivity contribution in [3.63, 3.8) is 0 Å². The molecule has 0 spiro atoms. The van der Waals surface area contributed by atoms with Crippen LogP contribution in [0.15, 0.2) is 54.7 Å². The maximum atomic E-state index is 6.06. The summed E-state index contributed by atoms with van der Waals surface area (Å²) in [6, 6.07) is 15.9. The first kappa shape index (κ1) is 16.5. The molecule has 5 heteroatoms. The number of nitrogens with one attached hydrogen (secondary N) is 1. The number of aromatic amines is 1. The van der Waals surface area contributed by atoms with Gasteiger partial charge in [-0.1, -0.05) is 35.9 Å². The van der Waals surface area contributed by atoms with E-state index in [1.165, 1.54) is 10.9 Å². The minimum absolute atomic E-state index is 0.0913. The van der Waals surface area contributed by atoms with Gasteiger partial charge in [0.1, 0.15) is 18.5 Å². The van der Waals surface area contributed by atoms with Gasteiger partial charge in [0, 0.05) is 41.8 Å². The molecule has 2 heterocycles. The van der Waals surface area contributed by atoms with Crippen molar-refractivity contribution in [1.29, 1.82) is 0 Å². The lowest BCUT2D eigenvalue weighted by atomic mass is 10.1. The standard InChI is InChI=1S/C20H21ClN2O2/c21-16-6-7-19-15(11-22-20(19)10-16)12-23-8-9-24-18(13-23)14-25-17-4-2-1-3-5-17/h1-7,10-11,18,22H,8-9,12-14H2/t18-/m0/s1. The van der Waals surface area contributed by atoms with E-state index in [1.54, 1.807) is 0 Å². The highest BCUT2D eigenvalue weighted by Crippen LogP contribution is 2.24. The summed E-state index contributed by atoms with van der Waals surface area (Å²) < 4.78 is 11.7. The zero-order chi connectivity index (χ0) is 17.1. The van der Waals surface area contributed by atoms with E-state index in [1.807, 2.05) is 42.5 Å². The van der Waals surface area contributed by atoms with Gasteiger partial charge in [-0.15, -0.1) is 0 Å². The van der Waals surface area contributed by atoms with Gasteiger partial charge in [0.15, 0.2) is 0 Å². The summed E-state index contributed by atoms with van der Waals surface area (Å²) in [4.78, 5) is 5.73. The fourth-order valence-electron chi connectivity index (χ4n) is 3.26. The van der Waals surface area contributed by atoms with Gasteiger partial charge in [-0.2, -0.15) is 0 Å². The van der Waals surface area contributed by atoms with E-state index in [4.69, 9.17) is 21.1 Å². The van der Waals surface area contributed by atoms with E-state index >= 15 is 0 Å². The molecule has 0 unspecified atom stereocenters. The van der Waals surface area contributed by atoms with Gasteiger partial charge in [0.25, 0.3) is 0 Å². The van der Waals surface area contributed by atoms with Crippen LogP contribution >= 0.6 is 11.6 Å². The smallest absolute Gasteiger partial charge is 0.119 e. The summed E-state index contributed by atoms with van der Waals surface area (Å²) in [6.07, 6.45) is 2.17. The Morgan fingerprint density at radius 3 is 2.96 bits per heavy atom. The topological polar surface area (TPSA) is 37.5 Å². The van der Waals surface area contributed by atoms with E-state index < -0.39 is 0 Å². The molecular formula is C20H21ClN2O2. The molecule has 4 nitrogen and oxygen atoms in total. The second-order valence-electron chi connectivity index (χ2n) is 6.36. The van der Waals surface area contributed by atoms with Gasteiger partial charge in [-0.05, 0) is 29.8 Å². The highest BCUT2D eigenvalue weighted by Gasteiger charge is 2.22. The van der Waals surface area contributed by atoms with Crippen LogP contribution in [0.1, 0.15) is 5.56 Å². The second-order valence-corrected chi connectivity index (χ2v) is 6.79. The minimum Gasteiger partial charge on any atom is -0.491 e. The van der Waals surface area contributed by atoms with Gasteiger partial charge >= 0.3 is 0 Å². The Balaban J connectivity index is 1.37. The molecule has 25 heavy (non-hydrogen) atoms. The van der Waals surface area contributed by atoms with Crippen LogP contribution in [0.3, 0.4) is 0 Å². The van der Waals surface area contributed by atoms with Gasteiger partial charge in [-0.25, -0.2) is 0 Å². The van der Waals surface area contributed by atoms with Crippen LogP contribution in [0.2, 0.25) is 5.02 Å². The molecule has 0 aliphatic carbocycles. The highest BCUT2D eigenvalue weighted by molar-refractivity contribution is 6.31. The number of morpholine rings is 1. The van der Waals surface area contributed by atoms with Crippen LogP contribution in [-0.2, 0) is 11.3 Å². The average molecular weight is 357 g/mol. The van der Waals surface area contributed by atoms with E-state index in [0.29, 0.717) is 6.61 Å². The van der Waals surface area contributed by atoms with Crippen molar-refractivity contribution in [2.45, 2.75) is 12.6 Å². The molecule has 1 atom stereocenters. The molecule has 0 bridgehead atoms. The zero-order valence-corrected chi connectivity index (χ0v) is 14.7. The van der Waals surface area contributed by atoms with E-state index in [-0.39, 0.29) is 6.10 Å². The summed E-state index contributed by atoms with van der Waals surface area (Å²) in [6.45, 7) is 4.00. The molecule has 0 radical (unpaired) electrons. The Hall–Kier alpha value is -2.01. The Morgan fingerprint density at radius 2 is 2.08 bits per heavy atom. The lowest BCUT2D eigenvalue weighted by molar-refractivity contribution is -0.0503. The summed E-state index contributed by atoms with van der Waals surface area (Å²) in [5.74, 6) is 0.886. The molecule has 1 aliphatic rings. The summed E-state index contributed by atoms with van der Waals surface area (Å²) in [5.41, 5.74) is 2.37. The van der Waals surface area contributed by atoms with Crippen molar-refractivity contribution in [3.8, 4) is 5.75 Å². The maximum absolute atomic E-state index is 6.06. The summed E-state index contributed by atoms with van der Waals surface area (Å²) in [7, 11) is 0. The van der Waals surface area contributed by atoms with Gasteiger partial charge in [-0.3, -0.25) is 4.90 Å². The van der Waals surface area contributed by atoms with Gasteiger partial charge in [0.05, 0.1) is 6.61 Å². The Bertz CT molecular complexity index is 834. The van der Waals surface area contributed by atoms with E-state index in [9.17, 15) is 0 Å². The number of halogens is 1. The first-order chi connectivity index (χ1) is 12.3. The van der Waals surface area contributed by atoms with Gasteiger partial charge in [0.2, 0.25) is 0 Å². The minimum atomic E-state index is 0.0913. The number of nitrogens with zero attached hydrogens (tertiary/aromatic N) is 1. The van der Waals surface area contributed by atoms with Crippen molar-refractivity contribution >= 4 is 22.5 Å². The second kappa shape index (κ2) is 7.48. The first-order valence-corrected chi connectivity index (χ1v) is 8.93. The highest BCUT2D eigenvalue weighted by atomic mass is 35.5. The third kappa shape index (κ3) is 3.98. The Kier molecular flexibility index (Phi) is 4.92. The molecule has 1 fully saturated rings. The van der Waals surface area contributed by atoms with Crippen molar-refractivity contribution < 1.29 is 9.47 Å². The normalized spacial score (nSPS) is 18.5. The van der Waals surface area contributed by atoms with Crippen molar-refractivity contribution in [3.05, 3.63) is 65.3 Å². The van der Waals surface area contributed by atoms with E-state index in [2.05, 4.69) is 22.1 Å². The van der Waals surface area contributed by atoms with Crippen LogP contribution < -0.4 is 4.74 Å². The molecule has 0 saturated carbocycles. The first-order valence-electron chi connectivity index (χ1n) is 8.55. The Labute approximate surface area is 152 Å². The number of aromatic nitrogens is 1. The number of hydrogen-bond donors (Lipinski definition) is 1. The van der Waals surface area contributed by atoms with Crippen molar-refractivity contribution in [1.82, 2.24) is 9.88 Å². The quantitative estimate of drug-likeness (QED) is 0.747. The molecular weight excluding hydrogens is 336 g/mol. The average Bonchev–Trinajstić information content (AvgIpc) is 3.03. The van der Waals surface area contributed by atoms with Crippen LogP contribution in [-0.4, -0.2) is 42.3 Å². The molecule has 1 aliphatic heterocycles. The number of fused-ring (bicyclic) bond motifs is 1. The number of H-pyrrole nitrogens is 1. The lowest BCUT2D eigenvalue weighted by Crippen LogP contribution is -2.44.